The van der Waals surface area contributed by atoms with Crippen LogP contribution >= 0.6 is 24.4 Å². The van der Waals surface area contributed by atoms with Gasteiger partial charge in [0.2, 0.25) is 6.10 Å². The number of esters is 3. The second kappa shape index (κ2) is 12.6. The Hall–Kier alpha value is -0.770. The summed E-state index contributed by atoms with van der Waals surface area (Å²) in [6.45, 7) is 2.14. The van der Waals surface area contributed by atoms with E-state index in [1.807, 2.05) is 0 Å². The SMILES string of the molecule is CSC[C@H](OC(=O)[C@H](C)CS)C(=O)OC(=O)[C@@H](N)CCCCN. The van der Waals surface area contributed by atoms with Crippen LogP contribution < -0.4 is 11.5 Å². The number of unbranched alkanes of at least 4 members (excludes halogenated alkanes) is 1. The number of ether oxygens (including phenoxy) is 2. The van der Waals surface area contributed by atoms with Gasteiger partial charge in [-0.05, 0) is 25.6 Å². The Morgan fingerprint density at radius 3 is 2.35 bits per heavy atom. The van der Waals surface area contributed by atoms with Crippen molar-refractivity contribution in [2.75, 3.05) is 24.3 Å². The van der Waals surface area contributed by atoms with Crippen LogP contribution in [-0.4, -0.2) is 54.4 Å². The van der Waals surface area contributed by atoms with Crippen molar-refractivity contribution in [1.82, 2.24) is 0 Å². The molecule has 9 heteroatoms. The molecule has 23 heavy (non-hydrogen) atoms. The quantitative estimate of drug-likeness (QED) is 0.207. The van der Waals surface area contributed by atoms with E-state index in [9.17, 15) is 14.4 Å². The lowest BCUT2D eigenvalue weighted by Gasteiger charge is -2.18. The lowest BCUT2D eigenvalue weighted by atomic mass is 10.1. The molecule has 0 amide bonds. The average molecular weight is 367 g/mol. The van der Waals surface area contributed by atoms with Crippen LogP contribution in [0.25, 0.3) is 0 Å². The highest BCUT2D eigenvalue weighted by atomic mass is 32.2. The zero-order chi connectivity index (χ0) is 17.8. The van der Waals surface area contributed by atoms with Gasteiger partial charge in [-0.2, -0.15) is 24.4 Å². The normalized spacial score (nSPS) is 14.7. The minimum atomic E-state index is -1.14. The van der Waals surface area contributed by atoms with Crippen LogP contribution in [0.5, 0.6) is 0 Å². The lowest BCUT2D eigenvalue weighted by molar-refractivity contribution is -0.174. The van der Waals surface area contributed by atoms with Crippen molar-refractivity contribution in [2.45, 2.75) is 38.3 Å². The molecule has 0 saturated heterocycles. The van der Waals surface area contributed by atoms with Gasteiger partial charge in [-0.25, -0.2) is 9.59 Å². The maximum atomic E-state index is 12.0. The van der Waals surface area contributed by atoms with E-state index < -0.39 is 36.0 Å². The van der Waals surface area contributed by atoms with Crippen molar-refractivity contribution in [3.05, 3.63) is 0 Å². The van der Waals surface area contributed by atoms with Crippen LogP contribution in [0, 0.1) is 5.92 Å². The van der Waals surface area contributed by atoms with E-state index in [0.29, 0.717) is 25.1 Å². The smallest absolute Gasteiger partial charge is 0.356 e. The van der Waals surface area contributed by atoms with E-state index in [-0.39, 0.29) is 5.75 Å². The van der Waals surface area contributed by atoms with Crippen molar-refractivity contribution in [3.63, 3.8) is 0 Å². The Morgan fingerprint density at radius 1 is 1.17 bits per heavy atom. The summed E-state index contributed by atoms with van der Waals surface area (Å²) in [7, 11) is 0. The maximum absolute atomic E-state index is 12.0. The minimum Gasteiger partial charge on any atom is -0.449 e. The van der Waals surface area contributed by atoms with Crippen molar-refractivity contribution < 1.29 is 23.9 Å². The van der Waals surface area contributed by atoms with Crippen LogP contribution in [0.4, 0.5) is 0 Å². The fourth-order valence-corrected chi connectivity index (χ4v) is 2.16. The second-order valence-corrected chi connectivity index (χ2v) is 6.37. The second-order valence-electron chi connectivity index (χ2n) is 5.10. The summed E-state index contributed by atoms with van der Waals surface area (Å²) in [5.74, 6) is -2.25. The van der Waals surface area contributed by atoms with Gasteiger partial charge in [-0.1, -0.05) is 13.3 Å². The van der Waals surface area contributed by atoms with Gasteiger partial charge < -0.3 is 20.9 Å². The van der Waals surface area contributed by atoms with Crippen LogP contribution in [0.1, 0.15) is 26.2 Å². The predicted octanol–water partition coefficient (Wildman–Crippen LogP) is 0.353. The predicted molar refractivity (Wildman–Crippen MR) is 93.3 cm³/mol. The number of carbonyl (C=O) groups is 3. The molecule has 0 bridgehead atoms. The van der Waals surface area contributed by atoms with E-state index in [2.05, 4.69) is 12.6 Å². The van der Waals surface area contributed by atoms with E-state index in [0.717, 1.165) is 6.42 Å². The molecule has 0 unspecified atom stereocenters. The van der Waals surface area contributed by atoms with Gasteiger partial charge in [0.15, 0.2) is 0 Å². The first kappa shape index (κ1) is 22.2. The number of hydrogen-bond acceptors (Lipinski definition) is 9. The molecule has 0 saturated carbocycles. The molecule has 3 atom stereocenters. The highest BCUT2D eigenvalue weighted by Crippen LogP contribution is 2.10. The molecule has 0 aromatic carbocycles. The van der Waals surface area contributed by atoms with Crippen LogP contribution in [-0.2, 0) is 23.9 Å². The third-order valence-corrected chi connectivity index (χ3v) is 4.17. The molecule has 7 nitrogen and oxygen atoms in total. The van der Waals surface area contributed by atoms with Gasteiger partial charge in [-0.3, -0.25) is 4.79 Å². The molecular formula is C14H26N2O5S2. The Labute approximate surface area is 146 Å². The maximum Gasteiger partial charge on any atom is 0.356 e. The number of carbonyl (C=O) groups excluding carboxylic acids is 3. The summed E-state index contributed by atoms with van der Waals surface area (Å²) in [5, 5.41) is 0. The Bertz CT molecular complexity index is 395. The Morgan fingerprint density at radius 2 is 1.83 bits per heavy atom. The van der Waals surface area contributed by atoms with Crippen molar-refractivity contribution in [3.8, 4) is 0 Å². The monoisotopic (exact) mass is 366 g/mol. The van der Waals surface area contributed by atoms with Crippen LogP contribution in [0.2, 0.25) is 0 Å². The third-order valence-electron chi connectivity index (χ3n) is 2.99. The number of nitrogens with two attached hydrogens (primary N) is 2. The van der Waals surface area contributed by atoms with Gasteiger partial charge in [0.05, 0.1) is 5.92 Å². The van der Waals surface area contributed by atoms with E-state index >= 15 is 0 Å². The zero-order valence-electron chi connectivity index (χ0n) is 13.5. The number of rotatable bonds is 11. The molecule has 0 fully saturated rings. The molecule has 0 rings (SSSR count). The van der Waals surface area contributed by atoms with Gasteiger partial charge >= 0.3 is 17.9 Å². The first-order valence-corrected chi connectivity index (χ1v) is 9.41. The highest BCUT2D eigenvalue weighted by molar-refractivity contribution is 7.98. The van der Waals surface area contributed by atoms with Crippen LogP contribution in [0.3, 0.4) is 0 Å². The summed E-state index contributed by atoms with van der Waals surface area (Å²) in [6.07, 6.45) is 2.40. The number of thioether (sulfide) groups is 1. The molecular weight excluding hydrogens is 340 g/mol. The number of hydrogen-bond donors (Lipinski definition) is 3. The molecule has 0 aliphatic heterocycles. The standard InChI is InChI=1S/C14H26N2O5S2/c1-9(7-22)12(17)20-11(8-23-2)14(19)21-13(18)10(16)5-3-4-6-15/h9-11,22H,3-8,15-16H2,1-2H3/t9-,10+,11+/m1/s1. The highest BCUT2D eigenvalue weighted by Gasteiger charge is 2.29. The van der Waals surface area contributed by atoms with Crippen molar-refractivity contribution >= 4 is 42.3 Å². The fraction of sp³-hybridized carbons (Fsp3) is 0.786. The summed E-state index contributed by atoms with van der Waals surface area (Å²) >= 11 is 5.30. The van der Waals surface area contributed by atoms with Gasteiger partial charge in [0.1, 0.15) is 6.04 Å². The Kier molecular flexibility index (Phi) is 12.2. The van der Waals surface area contributed by atoms with E-state index in [1.165, 1.54) is 11.8 Å². The largest absolute Gasteiger partial charge is 0.449 e. The molecule has 0 aromatic heterocycles. The zero-order valence-corrected chi connectivity index (χ0v) is 15.2. The van der Waals surface area contributed by atoms with Gasteiger partial charge in [0, 0.05) is 11.5 Å². The first-order valence-electron chi connectivity index (χ1n) is 7.38. The van der Waals surface area contributed by atoms with Crippen molar-refractivity contribution in [1.29, 1.82) is 0 Å². The summed E-state index contributed by atoms with van der Waals surface area (Å²) in [4.78, 5) is 35.5. The first-order chi connectivity index (χ1) is 10.9. The molecule has 4 N–H and O–H groups in total. The Balaban J connectivity index is 4.54. The average Bonchev–Trinajstić information content (AvgIpc) is 2.53. The molecule has 0 aliphatic rings. The summed E-state index contributed by atoms with van der Waals surface area (Å²) < 4.78 is 9.82. The molecule has 0 heterocycles. The fourth-order valence-electron chi connectivity index (χ4n) is 1.50. The van der Waals surface area contributed by atoms with E-state index in [4.69, 9.17) is 20.9 Å². The summed E-state index contributed by atoms with van der Waals surface area (Å²) in [5.41, 5.74) is 11.0. The molecule has 0 aliphatic carbocycles. The van der Waals surface area contributed by atoms with Gasteiger partial charge in [-0.15, -0.1) is 0 Å². The molecule has 0 aromatic rings. The molecule has 0 radical (unpaired) electrons. The minimum absolute atomic E-state index is 0.194. The number of thiol groups is 1. The van der Waals surface area contributed by atoms with Crippen molar-refractivity contribution in [2.24, 2.45) is 17.4 Å². The summed E-state index contributed by atoms with van der Waals surface area (Å²) in [6, 6.07) is -0.896. The molecule has 134 valence electrons. The third kappa shape index (κ3) is 9.19. The van der Waals surface area contributed by atoms with E-state index in [1.54, 1.807) is 13.2 Å². The van der Waals surface area contributed by atoms with Gasteiger partial charge in [0.25, 0.3) is 0 Å². The lowest BCUT2D eigenvalue weighted by Crippen LogP contribution is -2.39. The topological polar surface area (TPSA) is 122 Å². The van der Waals surface area contributed by atoms with Crippen LogP contribution in [0.15, 0.2) is 0 Å². The molecule has 0 spiro atoms.